The van der Waals surface area contributed by atoms with Gasteiger partial charge in [0.1, 0.15) is 0 Å². The Labute approximate surface area is 97.2 Å². The molecule has 1 rings (SSSR count). The van der Waals surface area contributed by atoms with E-state index in [9.17, 15) is 13.6 Å². The van der Waals surface area contributed by atoms with Crippen molar-refractivity contribution in [1.82, 2.24) is 5.32 Å². The highest BCUT2D eigenvalue weighted by Crippen LogP contribution is 2.24. The third-order valence-electron chi connectivity index (χ3n) is 2.08. The van der Waals surface area contributed by atoms with E-state index in [-0.39, 0.29) is 0 Å². The molecule has 0 aliphatic carbocycles. The molecule has 6 heteroatoms. The van der Waals surface area contributed by atoms with E-state index in [1.54, 1.807) is 7.05 Å². The fourth-order valence-electron chi connectivity index (χ4n) is 1.26. The number of ether oxygens (including phenoxy) is 1. The standard InChI is InChI=1S/C11H13F2NO3/c1-6(11(15)16)17-10-8(12)3-7(5-14-2)4-9(10)13/h3-4,6,14H,5H2,1-2H3,(H,15,16). The molecule has 1 unspecified atom stereocenters. The number of carboxylic acids is 1. The van der Waals surface area contributed by atoms with E-state index in [4.69, 9.17) is 9.84 Å². The molecule has 94 valence electrons. The van der Waals surface area contributed by atoms with Crippen molar-refractivity contribution in [3.63, 3.8) is 0 Å². The van der Waals surface area contributed by atoms with Crippen molar-refractivity contribution < 1.29 is 23.4 Å². The van der Waals surface area contributed by atoms with E-state index < -0.39 is 29.5 Å². The van der Waals surface area contributed by atoms with Gasteiger partial charge < -0.3 is 15.2 Å². The molecule has 1 aromatic carbocycles. The zero-order valence-electron chi connectivity index (χ0n) is 9.46. The average Bonchev–Trinajstić information content (AvgIpc) is 2.23. The lowest BCUT2D eigenvalue weighted by Gasteiger charge is -2.13. The van der Waals surface area contributed by atoms with Gasteiger partial charge in [-0.15, -0.1) is 0 Å². The molecule has 0 fully saturated rings. The molecule has 17 heavy (non-hydrogen) atoms. The number of carbonyl (C=O) groups is 1. The maximum Gasteiger partial charge on any atom is 0.344 e. The minimum absolute atomic E-state index is 0.308. The maximum absolute atomic E-state index is 13.5. The fraction of sp³-hybridized carbons (Fsp3) is 0.364. The molecule has 2 N–H and O–H groups in total. The summed E-state index contributed by atoms with van der Waals surface area (Å²) < 4.78 is 31.6. The first kappa shape index (κ1) is 13.4. The van der Waals surface area contributed by atoms with Gasteiger partial charge in [0.15, 0.2) is 23.5 Å². The highest BCUT2D eigenvalue weighted by molar-refractivity contribution is 5.72. The summed E-state index contributed by atoms with van der Waals surface area (Å²) >= 11 is 0. The minimum atomic E-state index is -1.31. The van der Waals surface area contributed by atoms with Crippen LogP contribution in [0.4, 0.5) is 8.78 Å². The van der Waals surface area contributed by atoms with Gasteiger partial charge in [-0.1, -0.05) is 0 Å². The largest absolute Gasteiger partial charge is 0.479 e. The number of hydrogen-bond donors (Lipinski definition) is 2. The van der Waals surface area contributed by atoms with E-state index in [2.05, 4.69) is 5.32 Å². The number of hydrogen-bond acceptors (Lipinski definition) is 3. The second kappa shape index (κ2) is 5.58. The van der Waals surface area contributed by atoms with Crippen molar-refractivity contribution in [1.29, 1.82) is 0 Å². The molecule has 1 atom stereocenters. The van der Waals surface area contributed by atoms with Crippen molar-refractivity contribution >= 4 is 5.97 Å². The molecule has 0 aliphatic heterocycles. The molecule has 1 aromatic rings. The first-order chi connectivity index (χ1) is 7.95. The second-order valence-electron chi connectivity index (χ2n) is 3.52. The van der Waals surface area contributed by atoms with Gasteiger partial charge in [-0.25, -0.2) is 13.6 Å². The van der Waals surface area contributed by atoms with Crippen LogP contribution in [0.3, 0.4) is 0 Å². The molecule has 0 aromatic heterocycles. The SMILES string of the molecule is CNCc1cc(F)c(OC(C)C(=O)O)c(F)c1. The van der Waals surface area contributed by atoms with Crippen molar-refractivity contribution in [3.8, 4) is 5.75 Å². The van der Waals surface area contributed by atoms with Crippen molar-refractivity contribution in [2.24, 2.45) is 0 Å². The van der Waals surface area contributed by atoms with Gasteiger partial charge in [0.25, 0.3) is 0 Å². The molecular formula is C11H13F2NO3. The zero-order valence-corrected chi connectivity index (χ0v) is 9.46. The average molecular weight is 245 g/mol. The third kappa shape index (κ3) is 3.39. The Morgan fingerprint density at radius 1 is 1.47 bits per heavy atom. The summed E-state index contributed by atoms with van der Waals surface area (Å²) in [6.07, 6.45) is -1.31. The van der Waals surface area contributed by atoms with Crippen LogP contribution in [0.1, 0.15) is 12.5 Å². The van der Waals surface area contributed by atoms with Crippen LogP contribution in [0.2, 0.25) is 0 Å². The first-order valence-corrected chi connectivity index (χ1v) is 4.97. The molecule has 0 spiro atoms. The van der Waals surface area contributed by atoms with Crippen LogP contribution in [-0.4, -0.2) is 24.2 Å². The van der Waals surface area contributed by atoms with Gasteiger partial charge in [-0.3, -0.25) is 0 Å². The maximum atomic E-state index is 13.5. The number of benzene rings is 1. The smallest absolute Gasteiger partial charge is 0.344 e. The fourth-order valence-corrected chi connectivity index (χ4v) is 1.26. The summed E-state index contributed by atoms with van der Waals surface area (Å²) in [6, 6.07) is 2.20. The van der Waals surface area contributed by atoms with Gasteiger partial charge in [0.05, 0.1) is 0 Å². The topological polar surface area (TPSA) is 58.6 Å². The predicted octanol–water partition coefficient (Wildman–Crippen LogP) is 1.54. The Morgan fingerprint density at radius 3 is 2.41 bits per heavy atom. The van der Waals surface area contributed by atoms with Gasteiger partial charge in [0.2, 0.25) is 0 Å². The monoisotopic (exact) mass is 245 g/mol. The highest BCUT2D eigenvalue weighted by atomic mass is 19.1. The van der Waals surface area contributed by atoms with Gasteiger partial charge >= 0.3 is 5.97 Å². The molecule has 0 aliphatic rings. The lowest BCUT2D eigenvalue weighted by molar-refractivity contribution is -0.144. The van der Waals surface area contributed by atoms with E-state index in [0.29, 0.717) is 12.1 Å². The first-order valence-electron chi connectivity index (χ1n) is 4.97. The van der Waals surface area contributed by atoms with Gasteiger partial charge in [-0.2, -0.15) is 0 Å². The summed E-state index contributed by atoms with van der Waals surface area (Å²) in [7, 11) is 1.65. The van der Waals surface area contributed by atoms with E-state index >= 15 is 0 Å². The normalized spacial score (nSPS) is 12.2. The Hall–Kier alpha value is -1.69. The number of nitrogens with one attached hydrogen (secondary N) is 1. The number of carboxylic acid groups (broad SMARTS) is 1. The minimum Gasteiger partial charge on any atom is -0.479 e. The van der Waals surface area contributed by atoms with Crippen molar-refractivity contribution in [2.45, 2.75) is 19.6 Å². The molecule has 0 saturated carbocycles. The highest BCUT2D eigenvalue weighted by Gasteiger charge is 2.19. The van der Waals surface area contributed by atoms with Crippen LogP contribution < -0.4 is 10.1 Å². The van der Waals surface area contributed by atoms with Gasteiger partial charge in [-0.05, 0) is 31.7 Å². The third-order valence-corrected chi connectivity index (χ3v) is 2.08. The molecule has 4 nitrogen and oxygen atoms in total. The summed E-state index contributed by atoms with van der Waals surface area (Å²) in [6.45, 7) is 1.51. The molecule has 0 amide bonds. The summed E-state index contributed by atoms with van der Waals surface area (Å²) in [5, 5.41) is 11.3. The Bertz CT molecular complexity index is 400. The van der Waals surface area contributed by atoms with Crippen LogP contribution in [0.5, 0.6) is 5.75 Å². The second-order valence-corrected chi connectivity index (χ2v) is 3.52. The van der Waals surface area contributed by atoms with Crippen LogP contribution in [-0.2, 0) is 11.3 Å². The molecule has 0 heterocycles. The number of rotatable bonds is 5. The molecule has 0 bridgehead atoms. The summed E-state index contributed by atoms with van der Waals surface area (Å²) in [4.78, 5) is 10.5. The molecule has 0 saturated heterocycles. The van der Waals surface area contributed by atoms with Crippen LogP contribution in [0.25, 0.3) is 0 Å². The van der Waals surface area contributed by atoms with E-state index in [0.717, 1.165) is 12.1 Å². The molecular weight excluding hydrogens is 232 g/mol. The summed E-state index contributed by atoms with van der Waals surface area (Å²) in [5.41, 5.74) is 0.415. The lowest BCUT2D eigenvalue weighted by Crippen LogP contribution is -2.24. The Balaban J connectivity index is 2.97. The number of halogens is 2. The Morgan fingerprint density at radius 2 is 2.00 bits per heavy atom. The van der Waals surface area contributed by atoms with Crippen LogP contribution in [0.15, 0.2) is 12.1 Å². The van der Waals surface area contributed by atoms with Crippen molar-refractivity contribution in [2.75, 3.05) is 7.05 Å². The summed E-state index contributed by atoms with van der Waals surface area (Å²) in [5.74, 6) is -3.78. The van der Waals surface area contributed by atoms with Gasteiger partial charge in [0, 0.05) is 6.54 Å². The van der Waals surface area contributed by atoms with Crippen LogP contribution >= 0.6 is 0 Å². The zero-order chi connectivity index (χ0) is 13.0. The van der Waals surface area contributed by atoms with E-state index in [1.165, 1.54) is 6.92 Å². The quantitative estimate of drug-likeness (QED) is 0.826. The van der Waals surface area contributed by atoms with Crippen molar-refractivity contribution in [3.05, 3.63) is 29.3 Å². The van der Waals surface area contributed by atoms with E-state index in [1.807, 2.05) is 0 Å². The van der Waals surface area contributed by atoms with Crippen LogP contribution in [0, 0.1) is 11.6 Å². The molecule has 0 radical (unpaired) electrons. The number of aliphatic carboxylic acids is 1. The lowest BCUT2D eigenvalue weighted by atomic mass is 10.2. The predicted molar refractivity (Wildman–Crippen MR) is 56.8 cm³/mol. The Kier molecular flexibility index (Phi) is 4.39.